The topological polar surface area (TPSA) is 101 Å². The van der Waals surface area contributed by atoms with Crippen molar-refractivity contribution in [1.82, 2.24) is 10.6 Å². The lowest BCUT2D eigenvalue weighted by Crippen LogP contribution is -2.32. The highest BCUT2D eigenvalue weighted by Gasteiger charge is 2.36. The molecule has 0 saturated heterocycles. The van der Waals surface area contributed by atoms with Crippen LogP contribution in [-0.2, 0) is 14.4 Å². The average Bonchev–Trinajstić information content (AvgIpc) is 2.63. The molecule has 2 rings (SSSR count). The Bertz CT molecular complexity index is 422. The van der Waals surface area contributed by atoms with Crippen LogP contribution in [0.15, 0.2) is 23.5 Å². The Kier molecular flexibility index (Phi) is 2.03. The van der Waals surface area contributed by atoms with E-state index >= 15 is 0 Å². The van der Waals surface area contributed by atoms with Crippen molar-refractivity contribution in [2.45, 2.75) is 12.5 Å². The number of amides is 2. The van der Waals surface area contributed by atoms with E-state index in [0.717, 1.165) is 6.08 Å². The maximum absolute atomic E-state index is 11.6. The summed E-state index contributed by atoms with van der Waals surface area (Å²) in [5, 5.41) is 5.30. The van der Waals surface area contributed by atoms with E-state index in [1.165, 1.54) is 6.08 Å². The van der Waals surface area contributed by atoms with Crippen LogP contribution in [0.4, 0.5) is 0 Å². The van der Waals surface area contributed by atoms with Crippen molar-refractivity contribution in [3.05, 3.63) is 23.5 Å². The molecule has 6 heteroatoms. The number of Topliss-reactive ketones (excluding diaryl/α,β-unsaturated/α-hetero) is 1. The molecule has 15 heavy (non-hydrogen) atoms. The molecule has 1 atom stereocenters. The van der Waals surface area contributed by atoms with Crippen LogP contribution in [0.5, 0.6) is 0 Å². The second-order valence-corrected chi connectivity index (χ2v) is 3.33. The van der Waals surface area contributed by atoms with Gasteiger partial charge >= 0.3 is 0 Å². The average molecular weight is 207 g/mol. The Labute approximate surface area is 85.2 Å². The molecule has 0 saturated carbocycles. The van der Waals surface area contributed by atoms with E-state index in [-0.39, 0.29) is 18.1 Å². The van der Waals surface area contributed by atoms with Gasteiger partial charge in [0.1, 0.15) is 11.7 Å². The quantitative estimate of drug-likeness (QED) is 0.470. The second kappa shape index (κ2) is 3.23. The standard InChI is InChI=1S/C9H9N3O3/c10-6(13)2-1-4-9(15)8-5(11-4)3-7(14)12-8/h1-2,4,11H,3H2,(H2,10,13)(H,12,14). The third-order valence-electron chi connectivity index (χ3n) is 2.22. The number of hydrogen-bond donors (Lipinski definition) is 3. The molecule has 0 spiro atoms. The second-order valence-electron chi connectivity index (χ2n) is 3.33. The highest BCUT2D eigenvalue weighted by atomic mass is 16.2. The number of nitrogens with one attached hydrogen (secondary N) is 2. The van der Waals surface area contributed by atoms with Crippen molar-refractivity contribution < 1.29 is 14.4 Å². The highest BCUT2D eigenvalue weighted by molar-refractivity contribution is 6.09. The molecule has 1 unspecified atom stereocenters. The third kappa shape index (κ3) is 1.61. The fourth-order valence-corrected chi connectivity index (χ4v) is 1.58. The van der Waals surface area contributed by atoms with Gasteiger partial charge in [-0.1, -0.05) is 0 Å². The normalized spacial score (nSPS) is 24.4. The third-order valence-corrected chi connectivity index (χ3v) is 2.22. The van der Waals surface area contributed by atoms with E-state index < -0.39 is 11.9 Å². The summed E-state index contributed by atoms with van der Waals surface area (Å²) in [5.74, 6) is -1.05. The molecule has 2 aliphatic rings. The Morgan fingerprint density at radius 1 is 1.47 bits per heavy atom. The molecular weight excluding hydrogens is 198 g/mol. The van der Waals surface area contributed by atoms with Gasteiger partial charge < -0.3 is 16.4 Å². The van der Waals surface area contributed by atoms with Crippen molar-refractivity contribution in [1.29, 1.82) is 0 Å². The summed E-state index contributed by atoms with van der Waals surface area (Å²) in [5.41, 5.74) is 5.80. The van der Waals surface area contributed by atoms with E-state index in [0.29, 0.717) is 11.4 Å². The molecule has 0 aromatic heterocycles. The lowest BCUT2D eigenvalue weighted by molar-refractivity contribution is -0.122. The molecule has 0 aromatic carbocycles. The zero-order chi connectivity index (χ0) is 11.0. The predicted molar refractivity (Wildman–Crippen MR) is 50.1 cm³/mol. The van der Waals surface area contributed by atoms with Crippen molar-refractivity contribution in [2.75, 3.05) is 0 Å². The number of rotatable bonds is 2. The van der Waals surface area contributed by atoms with Gasteiger partial charge in [0.2, 0.25) is 17.6 Å². The van der Waals surface area contributed by atoms with Crippen LogP contribution in [0.3, 0.4) is 0 Å². The monoisotopic (exact) mass is 207 g/mol. The summed E-state index contributed by atoms with van der Waals surface area (Å²) < 4.78 is 0. The lowest BCUT2D eigenvalue weighted by atomic mass is 10.2. The van der Waals surface area contributed by atoms with Gasteiger partial charge in [0, 0.05) is 11.8 Å². The van der Waals surface area contributed by atoms with Crippen LogP contribution >= 0.6 is 0 Å². The van der Waals surface area contributed by atoms with E-state index in [4.69, 9.17) is 5.73 Å². The van der Waals surface area contributed by atoms with E-state index in [1.54, 1.807) is 0 Å². The fraction of sp³-hybridized carbons (Fsp3) is 0.222. The van der Waals surface area contributed by atoms with Gasteiger partial charge in [-0.15, -0.1) is 0 Å². The first-order valence-electron chi connectivity index (χ1n) is 4.39. The van der Waals surface area contributed by atoms with Crippen LogP contribution in [0.1, 0.15) is 6.42 Å². The Morgan fingerprint density at radius 2 is 2.20 bits per heavy atom. The van der Waals surface area contributed by atoms with Gasteiger partial charge in [0.05, 0.1) is 6.42 Å². The SMILES string of the molecule is NC(=O)C=CC1NC2=C(NC(=O)C2)C1=O. The number of nitrogens with two attached hydrogens (primary N) is 1. The van der Waals surface area contributed by atoms with Gasteiger partial charge in [0.15, 0.2) is 0 Å². The molecule has 0 fully saturated rings. The summed E-state index contributed by atoms with van der Waals surface area (Å²) in [6, 6.07) is -0.594. The first-order chi connectivity index (χ1) is 7.08. The Balaban J connectivity index is 2.10. The van der Waals surface area contributed by atoms with Crippen LogP contribution in [-0.4, -0.2) is 23.6 Å². The van der Waals surface area contributed by atoms with Gasteiger partial charge in [-0.25, -0.2) is 0 Å². The molecule has 2 amide bonds. The lowest BCUT2D eigenvalue weighted by Gasteiger charge is -2.07. The van der Waals surface area contributed by atoms with Crippen molar-refractivity contribution in [2.24, 2.45) is 5.73 Å². The molecule has 6 nitrogen and oxygen atoms in total. The van der Waals surface area contributed by atoms with Gasteiger partial charge in [-0.3, -0.25) is 14.4 Å². The van der Waals surface area contributed by atoms with Crippen LogP contribution in [0, 0.1) is 0 Å². The maximum atomic E-state index is 11.6. The molecule has 0 bridgehead atoms. The smallest absolute Gasteiger partial charge is 0.241 e. The van der Waals surface area contributed by atoms with Crippen LogP contribution in [0.2, 0.25) is 0 Å². The number of hydrogen-bond acceptors (Lipinski definition) is 4. The number of carbonyl (C=O) groups excluding carboxylic acids is 3. The summed E-state index contributed by atoms with van der Waals surface area (Å²) in [7, 11) is 0. The Hall–Kier alpha value is -2.11. The van der Waals surface area contributed by atoms with E-state index in [9.17, 15) is 14.4 Å². The zero-order valence-electron chi connectivity index (χ0n) is 7.74. The molecule has 78 valence electrons. The molecule has 0 radical (unpaired) electrons. The van der Waals surface area contributed by atoms with Gasteiger partial charge in [0.25, 0.3) is 0 Å². The van der Waals surface area contributed by atoms with Gasteiger partial charge in [-0.05, 0) is 6.08 Å². The molecule has 0 aromatic rings. The molecule has 0 aliphatic carbocycles. The molecule has 4 N–H and O–H groups in total. The van der Waals surface area contributed by atoms with Crippen molar-refractivity contribution in [3.63, 3.8) is 0 Å². The summed E-state index contributed by atoms with van der Waals surface area (Å²) in [6.07, 6.45) is 2.69. The number of ketones is 1. The van der Waals surface area contributed by atoms with Crippen LogP contribution in [0.25, 0.3) is 0 Å². The maximum Gasteiger partial charge on any atom is 0.241 e. The van der Waals surface area contributed by atoms with E-state index in [2.05, 4.69) is 10.6 Å². The van der Waals surface area contributed by atoms with Crippen molar-refractivity contribution in [3.8, 4) is 0 Å². The summed E-state index contributed by atoms with van der Waals surface area (Å²) in [4.78, 5) is 33.0. The van der Waals surface area contributed by atoms with Crippen LogP contribution < -0.4 is 16.4 Å². The number of carbonyl (C=O) groups is 3. The minimum Gasteiger partial charge on any atom is -0.373 e. The molecule has 2 heterocycles. The van der Waals surface area contributed by atoms with Gasteiger partial charge in [-0.2, -0.15) is 0 Å². The molecule has 2 aliphatic heterocycles. The fourth-order valence-electron chi connectivity index (χ4n) is 1.58. The highest BCUT2D eigenvalue weighted by Crippen LogP contribution is 2.21. The Morgan fingerprint density at radius 3 is 2.80 bits per heavy atom. The summed E-state index contributed by atoms with van der Waals surface area (Å²) >= 11 is 0. The van der Waals surface area contributed by atoms with Crippen molar-refractivity contribution >= 4 is 17.6 Å². The predicted octanol–water partition coefficient (Wildman–Crippen LogP) is -1.70. The first-order valence-corrected chi connectivity index (χ1v) is 4.39. The largest absolute Gasteiger partial charge is 0.373 e. The molecular formula is C9H9N3O3. The number of primary amides is 1. The summed E-state index contributed by atoms with van der Waals surface area (Å²) in [6.45, 7) is 0. The first kappa shape index (κ1) is 9.45. The minimum absolute atomic E-state index is 0.183. The van der Waals surface area contributed by atoms with E-state index in [1.807, 2.05) is 0 Å². The zero-order valence-corrected chi connectivity index (χ0v) is 7.74. The minimum atomic E-state index is -0.610.